The molecular weight excluding hydrogens is 188 g/mol. The zero-order valence-electron chi connectivity index (χ0n) is 8.82. The number of rotatable bonds is 7. The molecule has 2 nitrogen and oxygen atoms in total. The molecule has 0 N–H and O–H groups in total. The molecule has 0 fully saturated rings. The monoisotopic (exact) mass is 204 g/mol. The van der Waals surface area contributed by atoms with Crippen LogP contribution in [0.3, 0.4) is 0 Å². The number of benzene rings is 1. The predicted molar refractivity (Wildman–Crippen MR) is 62.0 cm³/mol. The molecule has 0 aliphatic carbocycles. The van der Waals surface area contributed by atoms with E-state index < -0.39 is 0 Å². The zero-order chi connectivity index (χ0) is 10.9. The Balaban J connectivity index is 2.50. The van der Waals surface area contributed by atoms with Crippen molar-refractivity contribution in [3.05, 3.63) is 55.3 Å². The average Bonchev–Trinajstić information content (AvgIpc) is 2.27. The lowest BCUT2D eigenvalue weighted by molar-refractivity contribution is 0.179. The van der Waals surface area contributed by atoms with Crippen LogP contribution < -0.4 is 4.74 Å². The van der Waals surface area contributed by atoms with Gasteiger partial charge in [0.1, 0.15) is 19.0 Å². The van der Waals surface area contributed by atoms with Gasteiger partial charge in [0.05, 0.1) is 6.26 Å². The summed E-state index contributed by atoms with van der Waals surface area (Å²) in [5.74, 6) is 0.894. The second-order valence-electron chi connectivity index (χ2n) is 2.99. The predicted octanol–water partition coefficient (Wildman–Crippen LogP) is 2.95. The van der Waals surface area contributed by atoms with Crippen LogP contribution in [-0.4, -0.2) is 13.2 Å². The van der Waals surface area contributed by atoms with Gasteiger partial charge in [-0.15, -0.1) is 6.58 Å². The maximum Gasteiger partial charge on any atom is 0.122 e. The fraction of sp³-hybridized carbons (Fsp3) is 0.231. The summed E-state index contributed by atoms with van der Waals surface area (Å²) in [7, 11) is 0. The molecule has 0 unspecified atom stereocenters. The van der Waals surface area contributed by atoms with E-state index in [-0.39, 0.29) is 0 Å². The number of para-hydroxylation sites is 1. The maximum absolute atomic E-state index is 5.57. The fourth-order valence-electron chi connectivity index (χ4n) is 1.25. The zero-order valence-corrected chi connectivity index (χ0v) is 8.82. The Hall–Kier alpha value is -1.70. The lowest BCUT2D eigenvalue weighted by Gasteiger charge is -2.09. The lowest BCUT2D eigenvalue weighted by Crippen LogP contribution is -2.05. The van der Waals surface area contributed by atoms with Crippen LogP contribution in [0.15, 0.2) is 49.8 Å². The SMILES string of the molecule is C=CCc1ccccc1OCCOC=C. The van der Waals surface area contributed by atoms with E-state index in [1.54, 1.807) is 0 Å². The number of hydrogen-bond acceptors (Lipinski definition) is 2. The van der Waals surface area contributed by atoms with Crippen LogP contribution in [0, 0.1) is 0 Å². The van der Waals surface area contributed by atoms with Crippen LogP contribution in [-0.2, 0) is 11.2 Å². The minimum absolute atomic E-state index is 0.520. The molecule has 80 valence electrons. The molecule has 0 bridgehead atoms. The van der Waals surface area contributed by atoms with Crippen molar-refractivity contribution in [1.82, 2.24) is 0 Å². The molecule has 0 heterocycles. The Bertz CT molecular complexity index is 318. The molecule has 1 rings (SSSR count). The quantitative estimate of drug-likeness (QED) is 0.386. The molecule has 1 aromatic carbocycles. The second-order valence-corrected chi connectivity index (χ2v) is 2.99. The van der Waals surface area contributed by atoms with E-state index >= 15 is 0 Å². The molecule has 0 saturated heterocycles. The van der Waals surface area contributed by atoms with Crippen molar-refractivity contribution in [3.8, 4) is 5.75 Å². The van der Waals surface area contributed by atoms with Crippen LogP contribution in [0.5, 0.6) is 5.75 Å². The summed E-state index contributed by atoms with van der Waals surface area (Å²) >= 11 is 0. The van der Waals surface area contributed by atoms with Crippen LogP contribution in [0.1, 0.15) is 5.56 Å². The summed E-state index contributed by atoms with van der Waals surface area (Å²) < 4.78 is 10.5. The summed E-state index contributed by atoms with van der Waals surface area (Å²) in [5, 5.41) is 0. The van der Waals surface area contributed by atoms with E-state index in [4.69, 9.17) is 9.47 Å². The summed E-state index contributed by atoms with van der Waals surface area (Å²) in [4.78, 5) is 0. The molecule has 15 heavy (non-hydrogen) atoms. The highest BCUT2D eigenvalue weighted by molar-refractivity contribution is 5.34. The lowest BCUT2D eigenvalue weighted by atomic mass is 10.1. The van der Waals surface area contributed by atoms with E-state index in [2.05, 4.69) is 13.2 Å². The Morgan fingerprint density at radius 1 is 1.13 bits per heavy atom. The van der Waals surface area contributed by atoms with Crippen molar-refractivity contribution < 1.29 is 9.47 Å². The highest BCUT2D eigenvalue weighted by atomic mass is 16.5. The molecule has 0 atom stereocenters. The van der Waals surface area contributed by atoms with Gasteiger partial charge >= 0.3 is 0 Å². The van der Waals surface area contributed by atoms with Gasteiger partial charge in [-0.05, 0) is 18.1 Å². The van der Waals surface area contributed by atoms with Gasteiger partial charge in [0.2, 0.25) is 0 Å². The third-order valence-corrected chi connectivity index (χ3v) is 1.91. The van der Waals surface area contributed by atoms with E-state index in [0.29, 0.717) is 13.2 Å². The first-order valence-corrected chi connectivity index (χ1v) is 4.92. The minimum Gasteiger partial charge on any atom is -0.498 e. The van der Waals surface area contributed by atoms with Crippen molar-refractivity contribution in [3.63, 3.8) is 0 Å². The van der Waals surface area contributed by atoms with E-state index in [1.807, 2.05) is 30.3 Å². The first-order valence-electron chi connectivity index (χ1n) is 4.92. The fourth-order valence-corrected chi connectivity index (χ4v) is 1.25. The number of allylic oxidation sites excluding steroid dienone is 1. The van der Waals surface area contributed by atoms with E-state index in [9.17, 15) is 0 Å². The first-order chi connectivity index (χ1) is 7.38. The normalized spacial score (nSPS) is 9.33. The molecular formula is C13H16O2. The molecule has 0 saturated carbocycles. The number of ether oxygens (including phenoxy) is 2. The summed E-state index contributed by atoms with van der Waals surface area (Å²) in [6.07, 6.45) is 4.10. The van der Waals surface area contributed by atoms with Crippen molar-refractivity contribution in [2.45, 2.75) is 6.42 Å². The van der Waals surface area contributed by atoms with Crippen molar-refractivity contribution in [2.24, 2.45) is 0 Å². The highest BCUT2D eigenvalue weighted by Gasteiger charge is 2.00. The Morgan fingerprint density at radius 2 is 1.93 bits per heavy atom. The van der Waals surface area contributed by atoms with Gasteiger partial charge in [-0.25, -0.2) is 0 Å². The topological polar surface area (TPSA) is 18.5 Å². The van der Waals surface area contributed by atoms with E-state index in [0.717, 1.165) is 17.7 Å². The molecule has 2 heteroatoms. The molecule has 0 radical (unpaired) electrons. The van der Waals surface area contributed by atoms with Crippen molar-refractivity contribution in [2.75, 3.05) is 13.2 Å². The summed E-state index contributed by atoms with van der Waals surface area (Å²) in [6, 6.07) is 7.93. The third kappa shape index (κ3) is 3.90. The van der Waals surface area contributed by atoms with E-state index in [1.165, 1.54) is 6.26 Å². The Kier molecular flexibility index (Phi) is 5.09. The van der Waals surface area contributed by atoms with Gasteiger partial charge in [0.15, 0.2) is 0 Å². The second kappa shape index (κ2) is 6.71. The average molecular weight is 204 g/mol. The molecule has 0 aromatic heterocycles. The Morgan fingerprint density at radius 3 is 2.67 bits per heavy atom. The Labute approximate surface area is 90.8 Å². The van der Waals surface area contributed by atoms with Crippen LogP contribution in [0.25, 0.3) is 0 Å². The largest absolute Gasteiger partial charge is 0.498 e. The maximum atomic E-state index is 5.57. The standard InChI is InChI=1S/C13H16O2/c1-3-7-12-8-5-6-9-13(12)15-11-10-14-4-2/h3-6,8-9H,1-2,7,10-11H2. The molecule has 0 aliphatic rings. The van der Waals surface area contributed by atoms with Gasteiger partial charge < -0.3 is 9.47 Å². The smallest absolute Gasteiger partial charge is 0.122 e. The minimum atomic E-state index is 0.520. The first kappa shape index (κ1) is 11.4. The van der Waals surface area contributed by atoms with Crippen LogP contribution in [0.2, 0.25) is 0 Å². The van der Waals surface area contributed by atoms with Gasteiger partial charge in [0, 0.05) is 0 Å². The molecule has 1 aromatic rings. The van der Waals surface area contributed by atoms with Gasteiger partial charge in [-0.1, -0.05) is 30.9 Å². The van der Waals surface area contributed by atoms with Gasteiger partial charge in [-0.3, -0.25) is 0 Å². The summed E-state index contributed by atoms with van der Waals surface area (Å²) in [5.41, 5.74) is 1.14. The molecule has 0 spiro atoms. The molecule has 0 aliphatic heterocycles. The van der Waals surface area contributed by atoms with Crippen LogP contribution in [0.4, 0.5) is 0 Å². The van der Waals surface area contributed by atoms with Gasteiger partial charge in [0.25, 0.3) is 0 Å². The van der Waals surface area contributed by atoms with Crippen molar-refractivity contribution >= 4 is 0 Å². The molecule has 0 amide bonds. The summed E-state index contributed by atoms with van der Waals surface area (Å²) in [6.45, 7) is 8.22. The highest BCUT2D eigenvalue weighted by Crippen LogP contribution is 2.18. The van der Waals surface area contributed by atoms with Crippen molar-refractivity contribution in [1.29, 1.82) is 0 Å². The third-order valence-electron chi connectivity index (χ3n) is 1.91. The van der Waals surface area contributed by atoms with Crippen LogP contribution >= 0.6 is 0 Å². The van der Waals surface area contributed by atoms with Gasteiger partial charge in [-0.2, -0.15) is 0 Å². The number of hydrogen-bond donors (Lipinski definition) is 0.